The fourth-order valence-corrected chi connectivity index (χ4v) is 4.38. The summed E-state index contributed by atoms with van der Waals surface area (Å²) in [7, 11) is 3.02. The highest BCUT2D eigenvalue weighted by molar-refractivity contribution is 6.13. The Balaban J connectivity index is 1.86. The standard InChI is InChI=1S/C23H24ClF6N3O3/c1-32(24)12-17-13-33(7-6-21(17,35)14-4-3-5-19(11-14)36-2)20(34)31-18-9-15(22(25,26)27)8-16(10-18)23(28,29)30/h3-5,8-11,17,35H,6-7,12-13H2,1-2H3,(H,31,34). The number of halogens is 7. The van der Waals surface area contributed by atoms with Crippen LogP contribution in [0.15, 0.2) is 42.5 Å². The largest absolute Gasteiger partial charge is 0.497 e. The predicted octanol–water partition coefficient (Wildman–Crippen LogP) is 5.56. The van der Waals surface area contributed by atoms with Crippen molar-refractivity contribution >= 4 is 23.5 Å². The number of hydrogen-bond donors (Lipinski definition) is 2. The first-order chi connectivity index (χ1) is 16.6. The van der Waals surface area contributed by atoms with E-state index in [0.717, 1.165) is 0 Å². The summed E-state index contributed by atoms with van der Waals surface area (Å²) in [5, 5.41) is 13.7. The Morgan fingerprint density at radius 3 is 2.31 bits per heavy atom. The molecule has 36 heavy (non-hydrogen) atoms. The van der Waals surface area contributed by atoms with Crippen LogP contribution in [0, 0.1) is 5.92 Å². The second kappa shape index (κ2) is 10.3. The van der Waals surface area contributed by atoms with Gasteiger partial charge in [0.15, 0.2) is 0 Å². The summed E-state index contributed by atoms with van der Waals surface area (Å²) in [4.78, 5) is 14.1. The van der Waals surface area contributed by atoms with Crippen LogP contribution in [0.4, 0.5) is 36.8 Å². The molecule has 1 saturated heterocycles. The minimum Gasteiger partial charge on any atom is -0.497 e. The molecule has 3 rings (SSSR count). The normalized spacial score (nSPS) is 21.0. The molecule has 1 aliphatic rings. The number of amides is 2. The molecule has 0 radical (unpaired) electrons. The van der Waals surface area contributed by atoms with Gasteiger partial charge in [0.1, 0.15) is 5.75 Å². The number of hydrogen-bond acceptors (Lipinski definition) is 4. The minimum atomic E-state index is -5.05. The van der Waals surface area contributed by atoms with E-state index >= 15 is 0 Å². The van der Waals surface area contributed by atoms with Gasteiger partial charge in [-0.15, -0.1) is 0 Å². The van der Waals surface area contributed by atoms with Crippen LogP contribution in [0.5, 0.6) is 5.75 Å². The number of methoxy groups -OCH3 is 1. The summed E-state index contributed by atoms with van der Waals surface area (Å²) in [5.74, 6) is -0.136. The van der Waals surface area contributed by atoms with Crippen LogP contribution in [-0.2, 0) is 18.0 Å². The smallest absolute Gasteiger partial charge is 0.416 e. The van der Waals surface area contributed by atoms with E-state index in [9.17, 15) is 36.2 Å². The van der Waals surface area contributed by atoms with Gasteiger partial charge in [-0.1, -0.05) is 12.1 Å². The zero-order chi connectivity index (χ0) is 26.9. The van der Waals surface area contributed by atoms with Gasteiger partial charge in [-0.25, -0.2) is 9.21 Å². The highest BCUT2D eigenvalue weighted by atomic mass is 35.5. The molecule has 0 spiro atoms. The van der Waals surface area contributed by atoms with Gasteiger partial charge in [0.2, 0.25) is 0 Å². The molecule has 1 aliphatic heterocycles. The van der Waals surface area contributed by atoms with Crippen molar-refractivity contribution in [1.82, 2.24) is 9.32 Å². The average molecular weight is 540 g/mol. The first kappa shape index (κ1) is 27.9. The molecule has 2 amide bonds. The van der Waals surface area contributed by atoms with Gasteiger partial charge in [0, 0.05) is 38.3 Å². The molecule has 198 valence electrons. The zero-order valence-corrected chi connectivity index (χ0v) is 20.0. The molecule has 0 saturated carbocycles. The lowest BCUT2D eigenvalue weighted by Crippen LogP contribution is -2.55. The first-order valence-electron chi connectivity index (χ1n) is 10.7. The molecule has 13 heteroatoms. The maximum atomic E-state index is 13.2. The number of nitrogens with zero attached hydrogens (tertiary/aromatic N) is 2. The maximum absolute atomic E-state index is 13.2. The Kier molecular flexibility index (Phi) is 8.01. The number of benzene rings is 2. The van der Waals surface area contributed by atoms with Crippen LogP contribution in [-0.4, -0.2) is 54.2 Å². The summed E-state index contributed by atoms with van der Waals surface area (Å²) in [6.07, 6.45) is -10.1. The molecular formula is C23H24ClF6N3O3. The molecule has 2 aromatic carbocycles. The fraction of sp³-hybridized carbons (Fsp3) is 0.435. The molecule has 1 fully saturated rings. The van der Waals surface area contributed by atoms with Crippen molar-refractivity contribution in [2.45, 2.75) is 24.4 Å². The lowest BCUT2D eigenvalue weighted by molar-refractivity contribution is -0.143. The Labute approximate surface area is 208 Å². The number of anilines is 1. The lowest BCUT2D eigenvalue weighted by Gasteiger charge is -2.45. The van der Waals surface area contributed by atoms with Gasteiger partial charge in [-0.05, 0) is 54.1 Å². The van der Waals surface area contributed by atoms with Crippen LogP contribution in [0.2, 0.25) is 0 Å². The number of piperidine rings is 1. The highest BCUT2D eigenvalue weighted by Gasteiger charge is 2.45. The molecule has 0 bridgehead atoms. The number of nitrogens with one attached hydrogen (secondary N) is 1. The zero-order valence-electron chi connectivity index (χ0n) is 19.3. The molecule has 2 atom stereocenters. The summed E-state index contributed by atoms with van der Waals surface area (Å²) in [5.41, 5.74) is -4.63. The van der Waals surface area contributed by atoms with Gasteiger partial charge < -0.3 is 20.1 Å². The van der Waals surface area contributed by atoms with Gasteiger partial charge >= 0.3 is 18.4 Å². The van der Waals surface area contributed by atoms with Crippen molar-refractivity contribution in [3.8, 4) is 5.75 Å². The van der Waals surface area contributed by atoms with E-state index in [-0.39, 0.29) is 32.1 Å². The molecular weight excluding hydrogens is 516 g/mol. The minimum absolute atomic E-state index is 0.0167. The summed E-state index contributed by atoms with van der Waals surface area (Å²) in [6.45, 7) is 0.0374. The van der Waals surface area contributed by atoms with Crippen LogP contribution in [0.25, 0.3) is 0 Å². The van der Waals surface area contributed by atoms with E-state index < -0.39 is 46.7 Å². The van der Waals surface area contributed by atoms with Gasteiger partial charge in [0.25, 0.3) is 0 Å². The van der Waals surface area contributed by atoms with E-state index in [0.29, 0.717) is 23.4 Å². The van der Waals surface area contributed by atoms with E-state index in [2.05, 4.69) is 5.32 Å². The number of alkyl halides is 6. The average Bonchev–Trinajstić information content (AvgIpc) is 2.79. The van der Waals surface area contributed by atoms with Gasteiger partial charge in [0.05, 0.1) is 23.8 Å². The molecule has 2 N–H and O–H groups in total. The number of urea groups is 1. The van der Waals surface area contributed by atoms with E-state index in [1.807, 2.05) is 0 Å². The van der Waals surface area contributed by atoms with Crippen LogP contribution < -0.4 is 10.1 Å². The van der Waals surface area contributed by atoms with Gasteiger partial charge in [-0.2, -0.15) is 26.3 Å². The first-order valence-corrected chi connectivity index (χ1v) is 11.1. The quantitative estimate of drug-likeness (QED) is 0.386. The number of rotatable bonds is 5. The Bertz CT molecular complexity index is 1060. The summed E-state index contributed by atoms with van der Waals surface area (Å²) in [6, 6.07) is 6.69. The van der Waals surface area contributed by atoms with Crippen LogP contribution in [0.3, 0.4) is 0 Å². The van der Waals surface area contributed by atoms with Crippen molar-refractivity contribution in [2.75, 3.05) is 39.1 Å². The van der Waals surface area contributed by atoms with Crippen molar-refractivity contribution in [3.05, 3.63) is 59.2 Å². The van der Waals surface area contributed by atoms with Crippen molar-refractivity contribution in [1.29, 1.82) is 0 Å². The Hall–Kier alpha value is -2.70. The van der Waals surface area contributed by atoms with Crippen molar-refractivity contribution < 1.29 is 41.0 Å². The van der Waals surface area contributed by atoms with Gasteiger partial charge in [-0.3, -0.25) is 0 Å². The lowest BCUT2D eigenvalue weighted by atomic mass is 9.75. The third-order valence-corrected chi connectivity index (χ3v) is 6.18. The monoisotopic (exact) mass is 539 g/mol. The predicted molar refractivity (Wildman–Crippen MR) is 121 cm³/mol. The van der Waals surface area contributed by atoms with Crippen LogP contribution >= 0.6 is 11.8 Å². The summed E-state index contributed by atoms with van der Waals surface area (Å²) >= 11 is 6.03. The molecule has 0 aliphatic carbocycles. The molecule has 2 aromatic rings. The second-order valence-corrected chi connectivity index (χ2v) is 9.14. The molecule has 2 unspecified atom stereocenters. The number of aliphatic hydroxyl groups is 1. The summed E-state index contributed by atoms with van der Waals surface area (Å²) < 4.78 is 85.5. The highest BCUT2D eigenvalue weighted by Crippen LogP contribution is 2.40. The third kappa shape index (κ3) is 6.34. The number of carbonyl (C=O) groups is 1. The SMILES string of the molecule is COc1cccc(C2(O)CCN(C(=O)Nc3cc(C(F)(F)F)cc(C(F)(F)F)c3)CC2CN(C)Cl)c1. The molecule has 1 heterocycles. The third-order valence-electron chi connectivity index (χ3n) is 6.05. The number of likely N-dealkylation sites (tertiary alicyclic amines) is 1. The Morgan fingerprint density at radius 1 is 1.17 bits per heavy atom. The maximum Gasteiger partial charge on any atom is 0.416 e. The van der Waals surface area contributed by atoms with E-state index in [1.54, 1.807) is 31.3 Å². The van der Waals surface area contributed by atoms with Crippen molar-refractivity contribution in [2.24, 2.45) is 5.92 Å². The number of ether oxygens (including phenoxy) is 1. The van der Waals surface area contributed by atoms with E-state index in [4.69, 9.17) is 16.5 Å². The van der Waals surface area contributed by atoms with Crippen molar-refractivity contribution in [3.63, 3.8) is 0 Å². The topological polar surface area (TPSA) is 65.0 Å². The van der Waals surface area contributed by atoms with Crippen LogP contribution in [0.1, 0.15) is 23.1 Å². The van der Waals surface area contributed by atoms with E-state index in [1.165, 1.54) is 16.4 Å². The Morgan fingerprint density at radius 2 is 1.78 bits per heavy atom. The number of carbonyl (C=O) groups excluding carboxylic acids is 1. The fourth-order valence-electron chi connectivity index (χ4n) is 4.22. The second-order valence-electron chi connectivity index (χ2n) is 8.56. The molecule has 0 aromatic heterocycles. The molecule has 6 nitrogen and oxygen atoms in total.